The molecule has 1 nitrogen and oxygen atoms in total. The van der Waals surface area contributed by atoms with Gasteiger partial charge in [-0.2, -0.15) is 0 Å². The van der Waals surface area contributed by atoms with Gasteiger partial charge in [0.15, 0.2) is 0 Å². The molecule has 0 bridgehead atoms. The van der Waals surface area contributed by atoms with Gasteiger partial charge in [0.05, 0.1) is 16.4 Å². The Morgan fingerprint density at radius 3 is 2.11 bits per heavy atom. The number of halogens is 4. The Kier molecular flexibility index (Phi) is 4.11. The van der Waals surface area contributed by atoms with Crippen LogP contribution in [0.5, 0.6) is 0 Å². The summed E-state index contributed by atoms with van der Waals surface area (Å²) in [4.78, 5) is -0.656. The van der Waals surface area contributed by atoms with Crippen LogP contribution >= 0.6 is 11.8 Å². The molecule has 6 heteroatoms. The third kappa shape index (κ3) is 3.08. The average molecular weight is 288 g/mol. The molecule has 0 aliphatic rings. The van der Waals surface area contributed by atoms with Crippen molar-refractivity contribution < 1.29 is 22.7 Å². The molecule has 1 N–H and O–H groups in total. The van der Waals surface area contributed by atoms with Gasteiger partial charge in [-0.1, -0.05) is 11.8 Å². The van der Waals surface area contributed by atoms with E-state index in [2.05, 4.69) is 0 Å². The summed E-state index contributed by atoms with van der Waals surface area (Å²) in [5.41, 5.74) is 0.0686. The van der Waals surface area contributed by atoms with E-state index in [0.717, 1.165) is 30.3 Å². The van der Waals surface area contributed by atoms with Crippen LogP contribution in [0.25, 0.3) is 0 Å². The van der Waals surface area contributed by atoms with E-state index in [0.29, 0.717) is 11.8 Å². The summed E-state index contributed by atoms with van der Waals surface area (Å²) >= 11 is 0.454. The highest BCUT2D eigenvalue weighted by Crippen LogP contribution is 2.34. The predicted octanol–water partition coefficient (Wildman–Crippen LogP) is 3.89. The lowest BCUT2D eigenvalue weighted by Gasteiger charge is -2.07. The van der Waals surface area contributed by atoms with Crippen LogP contribution < -0.4 is 0 Å². The minimum Gasteiger partial charge on any atom is -0.392 e. The van der Waals surface area contributed by atoms with Gasteiger partial charge in [0.1, 0.15) is 23.3 Å². The van der Waals surface area contributed by atoms with Crippen LogP contribution in [0.2, 0.25) is 0 Å². The molecule has 0 aromatic heterocycles. The molecule has 0 radical (unpaired) electrons. The molecular weight excluding hydrogens is 280 g/mol. The first-order chi connectivity index (χ1) is 9.01. The maximum Gasteiger partial charge on any atom is 0.140 e. The van der Waals surface area contributed by atoms with Crippen molar-refractivity contribution >= 4 is 11.8 Å². The van der Waals surface area contributed by atoms with Crippen LogP contribution in [0, 0.1) is 23.3 Å². The first-order valence-electron chi connectivity index (χ1n) is 5.23. The maximum atomic E-state index is 13.6. The highest BCUT2D eigenvalue weighted by molar-refractivity contribution is 7.99. The fourth-order valence-electron chi connectivity index (χ4n) is 1.47. The molecule has 2 aromatic rings. The summed E-state index contributed by atoms with van der Waals surface area (Å²) < 4.78 is 53.6. The number of hydrogen-bond acceptors (Lipinski definition) is 2. The zero-order valence-corrected chi connectivity index (χ0v) is 10.3. The van der Waals surface area contributed by atoms with E-state index in [1.165, 1.54) is 0 Å². The Bertz CT molecular complexity index is 593. The second-order valence-corrected chi connectivity index (χ2v) is 4.78. The van der Waals surface area contributed by atoms with Gasteiger partial charge >= 0.3 is 0 Å². The summed E-state index contributed by atoms with van der Waals surface area (Å²) in [6, 6.07) is 4.56. The molecule has 0 fully saturated rings. The predicted molar refractivity (Wildman–Crippen MR) is 62.8 cm³/mol. The number of benzene rings is 2. The van der Waals surface area contributed by atoms with Gasteiger partial charge in [-0.3, -0.25) is 0 Å². The number of aliphatic hydroxyl groups excluding tert-OH is 1. The minimum absolute atomic E-state index is 0.0686. The normalized spacial score (nSPS) is 10.8. The van der Waals surface area contributed by atoms with E-state index in [-0.39, 0.29) is 10.5 Å². The highest BCUT2D eigenvalue weighted by Gasteiger charge is 2.15. The fourth-order valence-corrected chi connectivity index (χ4v) is 2.34. The van der Waals surface area contributed by atoms with Crippen LogP contribution in [0.15, 0.2) is 40.1 Å². The van der Waals surface area contributed by atoms with Crippen molar-refractivity contribution in [3.05, 3.63) is 59.2 Å². The van der Waals surface area contributed by atoms with E-state index < -0.39 is 34.8 Å². The van der Waals surface area contributed by atoms with Gasteiger partial charge in [0.2, 0.25) is 0 Å². The van der Waals surface area contributed by atoms with Crippen LogP contribution in [-0.4, -0.2) is 5.11 Å². The quantitative estimate of drug-likeness (QED) is 0.865. The van der Waals surface area contributed by atoms with E-state index in [9.17, 15) is 17.6 Å². The Morgan fingerprint density at radius 1 is 0.895 bits per heavy atom. The molecule has 2 rings (SSSR count). The van der Waals surface area contributed by atoms with Crippen molar-refractivity contribution in [3.63, 3.8) is 0 Å². The molecule has 100 valence electrons. The van der Waals surface area contributed by atoms with Crippen molar-refractivity contribution in [3.8, 4) is 0 Å². The van der Waals surface area contributed by atoms with Crippen molar-refractivity contribution in [2.24, 2.45) is 0 Å². The molecule has 0 saturated heterocycles. The first-order valence-corrected chi connectivity index (χ1v) is 6.04. The van der Waals surface area contributed by atoms with Crippen molar-refractivity contribution in [1.29, 1.82) is 0 Å². The minimum atomic E-state index is -0.933. The second kappa shape index (κ2) is 5.63. The zero-order chi connectivity index (χ0) is 14.0. The van der Waals surface area contributed by atoms with E-state index in [4.69, 9.17) is 5.11 Å². The lowest BCUT2D eigenvalue weighted by atomic mass is 10.2. The number of rotatable bonds is 3. The fraction of sp³-hybridized carbons (Fsp3) is 0.0769. The summed E-state index contributed by atoms with van der Waals surface area (Å²) in [6.45, 7) is -0.507. The summed E-state index contributed by atoms with van der Waals surface area (Å²) in [6.07, 6.45) is 0. The average Bonchev–Trinajstić information content (AvgIpc) is 2.37. The van der Waals surface area contributed by atoms with Crippen LogP contribution in [0.3, 0.4) is 0 Å². The molecule has 0 amide bonds. The second-order valence-electron chi connectivity index (χ2n) is 3.72. The summed E-state index contributed by atoms with van der Waals surface area (Å²) in [5.74, 6) is -3.33. The van der Waals surface area contributed by atoms with Gasteiger partial charge in [-0.25, -0.2) is 17.6 Å². The van der Waals surface area contributed by atoms with Gasteiger partial charge in [-0.05, 0) is 35.9 Å². The lowest BCUT2D eigenvalue weighted by molar-refractivity contribution is 0.280. The Morgan fingerprint density at radius 2 is 1.53 bits per heavy atom. The third-order valence-corrected chi connectivity index (χ3v) is 3.47. The first kappa shape index (κ1) is 13.9. The van der Waals surface area contributed by atoms with Crippen molar-refractivity contribution in [2.75, 3.05) is 0 Å². The Hall–Kier alpha value is -1.53. The third-order valence-electron chi connectivity index (χ3n) is 2.35. The number of aliphatic hydroxyl groups is 1. The molecule has 0 saturated carbocycles. The van der Waals surface area contributed by atoms with Gasteiger partial charge in [0.25, 0.3) is 0 Å². The molecule has 0 atom stereocenters. The number of hydrogen-bond donors (Lipinski definition) is 1. The molecule has 0 spiro atoms. The monoisotopic (exact) mass is 288 g/mol. The smallest absolute Gasteiger partial charge is 0.140 e. The van der Waals surface area contributed by atoms with Gasteiger partial charge < -0.3 is 5.11 Å². The summed E-state index contributed by atoms with van der Waals surface area (Å²) in [7, 11) is 0. The van der Waals surface area contributed by atoms with Gasteiger partial charge in [0, 0.05) is 0 Å². The lowest BCUT2D eigenvalue weighted by Crippen LogP contribution is -1.94. The molecule has 0 aliphatic carbocycles. The molecule has 2 aromatic carbocycles. The van der Waals surface area contributed by atoms with Crippen molar-refractivity contribution in [1.82, 2.24) is 0 Å². The SMILES string of the molecule is OCc1cc(F)c(Sc2cc(F)ccc2F)c(F)c1. The standard InChI is InChI=1S/C13H8F4OS/c14-8-1-2-9(15)12(5-8)19-13-10(16)3-7(6-18)4-11(13)17/h1-5,18H,6H2. The van der Waals surface area contributed by atoms with E-state index in [1.54, 1.807) is 0 Å². The Labute approximate surface area is 110 Å². The van der Waals surface area contributed by atoms with Gasteiger partial charge in [-0.15, -0.1) is 0 Å². The van der Waals surface area contributed by atoms with E-state index >= 15 is 0 Å². The Balaban J connectivity index is 2.41. The topological polar surface area (TPSA) is 20.2 Å². The molecular formula is C13H8F4OS. The molecule has 19 heavy (non-hydrogen) atoms. The molecule has 0 aliphatic heterocycles. The molecule has 0 unspecified atom stereocenters. The summed E-state index contributed by atoms with van der Waals surface area (Å²) in [5, 5.41) is 8.80. The van der Waals surface area contributed by atoms with Crippen LogP contribution in [0.4, 0.5) is 17.6 Å². The zero-order valence-electron chi connectivity index (χ0n) is 9.46. The highest BCUT2D eigenvalue weighted by atomic mass is 32.2. The van der Waals surface area contributed by atoms with Crippen molar-refractivity contribution in [2.45, 2.75) is 16.4 Å². The van der Waals surface area contributed by atoms with Crippen LogP contribution in [0.1, 0.15) is 5.56 Å². The largest absolute Gasteiger partial charge is 0.392 e. The molecule has 0 heterocycles. The van der Waals surface area contributed by atoms with Crippen LogP contribution in [-0.2, 0) is 6.61 Å². The van der Waals surface area contributed by atoms with E-state index in [1.807, 2.05) is 0 Å². The maximum absolute atomic E-state index is 13.6.